The number of hydrogen-bond acceptors (Lipinski definition) is 2. The van der Waals surface area contributed by atoms with Crippen LogP contribution in [0.5, 0.6) is 0 Å². The van der Waals surface area contributed by atoms with Crippen LogP contribution in [0.15, 0.2) is 18.2 Å². The van der Waals surface area contributed by atoms with Crippen LogP contribution in [0.2, 0.25) is 10.0 Å². The lowest BCUT2D eigenvalue weighted by Crippen LogP contribution is -2.23. The van der Waals surface area contributed by atoms with E-state index in [1.165, 1.54) is 0 Å². The highest BCUT2D eigenvalue weighted by Gasteiger charge is 2.21. The van der Waals surface area contributed by atoms with Crippen LogP contribution in [-0.2, 0) is 4.74 Å². The van der Waals surface area contributed by atoms with Crippen molar-refractivity contribution in [1.82, 2.24) is 0 Å². The fraction of sp³-hybridized carbons (Fsp3) is 0.538. The minimum absolute atomic E-state index is 0.255. The van der Waals surface area contributed by atoms with Crippen LogP contribution in [0.1, 0.15) is 38.4 Å². The van der Waals surface area contributed by atoms with Crippen LogP contribution >= 0.6 is 23.2 Å². The van der Waals surface area contributed by atoms with Crippen LogP contribution < -0.4 is 0 Å². The zero-order valence-corrected chi connectivity index (χ0v) is 11.8. The summed E-state index contributed by atoms with van der Waals surface area (Å²) in [6.45, 7) is 3.96. The van der Waals surface area contributed by atoms with Gasteiger partial charge >= 0.3 is 0 Å². The fourth-order valence-electron chi connectivity index (χ4n) is 1.56. The van der Waals surface area contributed by atoms with Gasteiger partial charge in [-0.15, -0.1) is 0 Å². The maximum atomic E-state index is 10.1. The number of aliphatic hydroxyl groups excluding tert-OH is 1. The summed E-state index contributed by atoms with van der Waals surface area (Å²) in [4.78, 5) is 0. The van der Waals surface area contributed by atoms with E-state index in [2.05, 4.69) is 0 Å². The highest BCUT2D eigenvalue weighted by molar-refractivity contribution is 6.36. The number of rotatable bonds is 5. The molecule has 96 valence electrons. The van der Waals surface area contributed by atoms with Crippen molar-refractivity contribution in [1.29, 1.82) is 0 Å². The first-order valence-electron chi connectivity index (χ1n) is 5.54. The van der Waals surface area contributed by atoms with Gasteiger partial charge in [-0.3, -0.25) is 0 Å². The van der Waals surface area contributed by atoms with Gasteiger partial charge in [0.15, 0.2) is 0 Å². The normalized spacial score (nSPS) is 13.8. The molecule has 0 aliphatic rings. The minimum Gasteiger partial charge on any atom is -0.388 e. The molecule has 0 spiro atoms. The quantitative estimate of drug-likeness (QED) is 0.872. The number of halogens is 2. The third kappa shape index (κ3) is 4.14. The summed E-state index contributed by atoms with van der Waals surface area (Å²) in [5.41, 5.74) is 0.345. The monoisotopic (exact) mass is 276 g/mol. The number of aliphatic hydroxyl groups is 1. The molecule has 1 unspecified atom stereocenters. The maximum Gasteiger partial charge on any atom is 0.0820 e. The van der Waals surface area contributed by atoms with Crippen molar-refractivity contribution < 1.29 is 9.84 Å². The standard InChI is InChI=1S/C13H18Cl2O2/c1-13(2,17-3)8-7-11(16)12-9(14)5-4-6-10(12)15/h4-6,11,16H,7-8H2,1-3H3. The second-order valence-electron chi connectivity index (χ2n) is 4.65. The zero-order valence-electron chi connectivity index (χ0n) is 10.3. The average Bonchev–Trinajstić information content (AvgIpc) is 2.26. The topological polar surface area (TPSA) is 29.5 Å². The molecule has 0 aliphatic carbocycles. The summed E-state index contributed by atoms with van der Waals surface area (Å²) in [5, 5.41) is 11.1. The van der Waals surface area contributed by atoms with Gasteiger partial charge in [0.05, 0.1) is 11.7 Å². The van der Waals surface area contributed by atoms with E-state index in [0.29, 0.717) is 22.0 Å². The summed E-state index contributed by atoms with van der Waals surface area (Å²) in [5.74, 6) is 0. The Bertz CT molecular complexity index is 357. The molecule has 2 nitrogen and oxygen atoms in total. The third-order valence-corrected chi connectivity index (χ3v) is 3.56. The largest absolute Gasteiger partial charge is 0.388 e. The highest BCUT2D eigenvalue weighted by Crippen LogP contribution is 2.33. The molecule has 0 aliphatic heterocycles. The van der Waals surface area contributed by atoms with Crippen molar-refractivity contribution in [3.63, 3.8) is 0 Å². The fourth-order valence-corrected chi connectivity index (χ4v) is 2.21. The van der Waals surface area contributed by atoms with E-state index in [1.54, 1.807) is 25.3 Å². The predicted octanol–water partition coefficient (Wildman–Crippen LogP) is 4.23. The van der Waals surface area contributed by atoms with E-state index >= 15 is 0 Å². The number of methoxy groups -OCH3 is 1. The molecule has 0 heterocycles. The van der Waals surface area contributed by atoms with Crippen LogP contribution in [0.25, 0.3) is 0 Å². The van der Waals surface area contributed by atoms with Crippen molar-refractivity contribution in [2.24, 2.45) is 0 Å². The second-order valence-corrected chi connectivity index (χ2v) is 5.47. The first-order chi connectivity index (χ1) is 7.87. The molecule has 1 N–H and O–H groups in total. The van der Waals surface area contributed by atoms with Gasteiger partial charge in [0.2, 0.25) is 0 Å². The maximum absolute atomic E-state index is 10.1. The molecule has 1 aromatic rings. The zero-order chi connectivity index (χ0) is 13.1. The molecule has 0 fully saturated rings. The number of hydrogen-bond donors (Lipinski definition) is 1. The third-order valence-electron chi connectivity index (χ3n) is 2.91. The van der Waals surface area contributed by atoms with E-state index in [-0.39, 0.29) is 5.60 Å². The molecule has 0 bridgehead atoms. The molecule has 0 radical (unpaired) electrons. The molecular weight excluding hydrogens is 259 g/mol. The van der Waals surface area contributed by atoms with Crippen molar-refractivity contribution in [3.05, 3.63) is 33.8 Å². The summed E-state index contributed by atoms with van der Waals surface area (Å²) in [6, 6.07) is 5.22. The van der Waals surface area contributed by atoms with Crippen LogP contribution in [-0.4, -0.2) is 17.8 Å². The molecule has 0 saturated carbocycles. The van der Waals surface area contributed by atoms with Gasteiger partial charge in [0.25, 0.3) is 0 Å². The van der Waals surface area contributed by atoms with E-state index in [4.69, 9.17) is 27.9 Å². The van der Waals surface area contributed by atoms with Gasteiger partial charge in [0, 0.05) is 22.7 Å². The molecule has 0 amide bonds. The van der Waals surface area contributed by atoms with Gasteiger partial charge < -0.3 is 9.84 Å². The molecule has 1 atom stereocenters. The predicted molar refractivity (Wildman–Crippen MR) is 71.7 cm³/mol. The van der Waals surface area contributed by atoms with Crippen molar-refractivity contribution in [2.45, 2.75) is 38.4 Å². The summed E-state index contributed by atoms with van der Waals surface area (Å²) < 4.78 is 5.31. The summed E-state index contributed by atoms with van der Waals surface area (Å²) in [6.07, 6.45) is 0.627. The lowest BCUT2D eigenvalue weighted by atomic mass is 9.96. The second kappa shape index (κ2) is 6.05. The molecule has 4 heteroatoms. The Hall–Kier alpha value is -0.280. The Labute approximate surface area is 113 Å². The average molecular weight is 277 g/mol. The van der Waals surface area contributed by atoms with Crippen LogP contribution in [0.3, 0.4) is 0 Å². The van der Waals surface area contributed by atoms with E-state index in [9.17, 15) is 5.11 Å². The van der Waals surface area contributed by atoms with Gasteiger partial charge in [-0.1, -0.05) is 29.3 Å². The van der Waals surface area contributed by atoms with E-state index in [0.717, 1.165) is 6.42 Å². The molecule has 17 heavy (non-hydrogen) atoms. The first-order valence-corrected chi connectivity index (χ1v) is 6.30. The Morgan fingerprint density at radius 2 is 1.82 bits per heavy atom. The lowest BCUT2D eigenvalue weighted by molar-refractivity contribution is 0.00280. The Kier molecular flexibility index (Phi) is 5.26. The smallest absolute Gasteiger partial charge is 0.0820 e. The highest BCUT2D eigenvalue weighted by atomic mass is 35.5. The lowest BCUT2D eigenvalue weighted by Gasteiger charge is -2.24. The van der Waals surface area contributed by atoms with Gasteiger partial charge in [0.1, 0.15) is 0 Å². The summed E-state index contributed by atoms with van der Waals surface area (Å²) in [7, 11) is 1.66. The van der Waals surface area contributed by atoms with Gasteiger partial charge in [-0.25, -0.2) is 0 Å². The molecule has 1 rings (SSSR count). The number of ether oxygens (including phenoxy) is 1. The molecule has 0 aromatic heterocycles. The Morgan fingerprint density at radius 3 is 2.29 bits per heavy atom. The minimum atomic E-state index is -0.661. The van der Waals surface area contributed by atoms with Crippen molar-refractivity contribution >= 4 is 23.2 Å². The number of benzene rings is 1. The van der Waals surface area contributed by atoms with Gasteiger partial charge in [-0.2, -0.15) is 0 Å². The molecule has 0 saturated heterocycles. The Morgan fingerprint density at radius 1 is 1.29 bits per heavy atom. The molecule has 1 aromatic carbocycles. The van der Waals surface area contributed by atoms with E-state index in [1.807, 2.05) is 13.8 Å². The van der Waals surface area contributed by atoms with Gasteiger partial charge in [-0.05, 0) is 38.8 Å². The SMILES string of the molecule is COC(C)(C)CCC(O)c1c(Cl)cccc1Cl. The van der Waals surface area contributed by atoms with Crippen molar-refractivity contribution in [3.8, 4) is 0 Å². The summed E-state index contributed by atoms with van der Waals surface area (Å²) >= 11 is 12.1. The molecular formula is C13H18Cl2O2. The van der Waals surface area contributed by atoms with Crippen LogP contribution in [0.4, 0.5) is 0 Å². The Balaban J connectivity index is 2.74. The van der Waals surface area contributed by atoms with Crippen molar-refractivity contribution in [2.75, 3.05) is 7.11 Å². The van der Waals surface area contributed by atoms with Crippen LogP contribution in [0, 0.1) is 0 Å². The first kappa shape index (κ1) is 14.8. The van der Waals surface area contributed by atoms with E-state index < -0.39 is 6.10 Å².